The summed E-state index contributed by atoms with van der Waals surface area (Å²) in [4.78, 5) is 17.1. The minimum absolute atomic E-state index is 0.131. The second-order valence-electron chi connectivity index (χ2n) is 5.50. The third-order valence-electron chi connectivity index (χ3n) is 3.39. The number of amidine groups is 2. The Balaban J connectivity index is 2.51. The number of aliphatic imine (C=N–C) groups is 2. The Morgan fingerprint density at radius 2 is 2.08 bits per heavy atom. The van der Waals surface area contributed by atoms with Crippen molar-refractivity contribution in [1.82, 2.24) is 9.97 Å². The zero-order chi connectivity index (χ0) is 19.1. The van der Waals surface area contributed by atoms with Gasteiger partial charge in [-0.1, -0.05) is 25.3 Å². The van der Waals surface area contributed by atoms with Crippen LogP contribution in [0.2, 0.25) is 0 Å². The molecule has 0 unspecified atom stereocenters. The van der Waals surface area contributed by atoms with Crippen LogP contribution in [0.1, 0.15) is 23.9 Å². The number of aryl methyl sites for hydroxylation is 1. The van der Waals surface area contributed by atoms with Gasteiger partial charge in [0.05, 0.1) is 11.4 Å². The highest BCUT2D eigenvalue weighted by Crippen LogP contribution is 2.24. The summed E-state index contributed by atoms with van der Waals surface area (Å²) in [6.45, 7) is 11.0. The molecule has 0 aliphatic carbocycles. The number of hydrogen-bond donors (Lipinski definition) is 1. The van der Waals surface area contributed by atoms with E-state index in [9.17, 15) is 4.39 Å². The van der Waals surface area contributed by atoms with Crippen LogP contribution in [-0.4, -0.2) is 21.6 Å². The van der Waals surface area contributed by atoms with Crippen LogP contribution in [0, 0.1) is 12.7 Å². The normalized spacial score (nSPS) is 12.4. The number of allylic oxidation sites excluding steroid dienone is 3. The summed E-state index contributed by atoms with van der Waals surface area (Å²) in [5, 5.41) is 0. The van der Waals surface area contributed by atoms with Gasteiger partial charge in [0, 0.05) is 18.0 Å². The lowest BCUT2D eigenvalue weighted by Gasteiger charge is -2.06. The van der Waals surface area contributed by atoms with Crippen LogP contribution in [0.3, 0.4) is 0 Å². The highest BCUT2D eigenvalue weighted by Gasteiger charge is 2.07. The van der Waals surface area contributed by atoms with Crippen molar-refractivity contribution < 1.29 is 4.39 Å². The lowest BCUT2D eigenvalue weighted by atomic mass is 10.1. The van der Waals surface area contributed by atoms with Gasteiger partial charge in [-0.2, -0.15) is 0 Å². The molecule has 0 aliphatic heterocycles. The summed E-state index contributed by atoms with van der Waals surface area (Å²) >= 11 is 0. The van der Waals surface area contributed by atoms with E-state index in [4.69, 9.17) is 5.73 Å². The second kappa shape index (κ2) is 8.62. The molecule has 2 aromatic heterocycles. The number of nitrogens with zero attached hydrogens (tertiary/aromatic N) is 4. The fraction of sp³-hybridized carbons (Fsp3) is 0.100. The number of pyridine rings is 2. The number of aromatic nitrogens is 2. The molecule has 0 aliphatic rings. The first-order chi connectivity index (χ1) is 12.4. The highest BCUT2D eigenvalue weighted by molar-refractivity contribution is 6.08. The van der Waals surface area contributed by atoms with E-state index >= 15 is 0 Å². The Labute approximate surface area is 152 Å². The van der Waals surface area contributed by atoms with Crippen LogP contribution in [-0.2, 0) is 0 Å². The Bertz CT molecular complexity index is 926. The number of hydrogen-bond acceptors (Lipinski definition) is 3. The smallest absolute Gasteiger partial charge is 0.155 e. The van der Waals surface area contributed by atoms with Gasteiger partial charge in [0.25, 0.3) is 0 Å². The van der Waals surface area contributed by atoms with Gasteiger partial charge < -0.3 is 5.73 Å². The monoisotopic (exact) mass is 349 g/mol. The summed E-state index contributed by atoms with van der Waals surface area (Å²) in [6, 6.07) is 4.54. The quantitative estimate of drug-likeness (QED) is 0.501. The van der Waals surface area contributed by atoms with Crippen molar-refractivity contribution >= 4 is 22.9 Å². The fourth-order valence-corrected chi connectivity index (χ4v) is 2.06. The molecule has 0 aromatic carbocycles. The van der Waals surface area contributed by atoms with Gasteiger partial charge in [0.1, 0.15) is 11.5 Å². The van der Waals surface area contributed by atoms with Gasteiger partial charge in [-0.25, -0.2) is 19.4 Å². The van der Waals surface area contributed by atoms with Crippen molar-refractivity contribution in [2.75, 3.05) is 0 Å². The zero-order valence-electron chi connectivity index (χ0n) is 14.8. The lowest BCUT2D eigenvalue weighted by molar-refractivity contribution is 0.609. The first-order valence-electron chi connectivity index (χ1n) is 7.87. The highest BCUT2D eigenvalue weighted by atomic mass is 19.1. The predicted molar refractivity (Wildman–Crippen MR) is 105 cm³/mol. The third kappa shape index (κ3) is 4.80. The molecule has 0 saturated heterocycles. The molecule has 0 spiro atoms. The Kier molecular flexibility index (Phi) is 6.27. The van der Waals surface area contributed by atoms with E-state index in [-0.39, 0.29) is 11.5 Å². The van der Waals surface area contributed by atoms with Crippen LogP contribution in [0.25, 0.3) is 5.57 Å². The summed E-state index contributed by atoms with van der Waals surface area (Å²) in [5.41, 5.74) is 8.96. The van der Waals surface area contributed by atoms with Gasteiger partial charge >= 0.3 is 0 Å². The number of halogens is 1. The van der Waals surface area contributed by atoms with E-state index in [2.05, 4.69) is 33.1 Å². The summed E-state index contributed by atoms with van der Waals surface area (Å²) < 4.78 is 13.4. The predicted octanol–water partition coefficient (Wildman–Crippen LogP) is 4.13. The van der Waals surface area contributed by atoms with Crippen molar-refractivity contribution in [3.63, 3.8) is 0 Å². The average molecular weight is 349 g/mol. The number of nitrogens with two attached hydrogens (primary N) is 1. The Morgan fingerprint density at radius 3 is 2.73 bits per heavy atom. The van der Waals surface area contributed by atoms with E-state index in [0.29, 0.717) is 17.2 Å². The Hall–Kier alpha value is -3.41. The molecule has 6 heteroatoms. The average Bonchev–Trinajstić information content (AvgIpc) is 2.62. The molecule has 0 saturated carbocycles. The van der Waals surface area contributed by atoms with Gasteiger partial charge in [0.2, 0.25) is 0 Å². The molecule has 0 radical (unpaired) electrons. The molecule has 2 N–H and O–H groups in total. The van der Waals surface area contributed by atoms with Crippen LogP contribution < -0.4 is 5.73 Å². The molecule has 132 valence electrons. The maximum atomic E-state index is 13.4. The van der Waals surface area contributed by atoms with Crippen molar-refractivity contribution in [2.45, 2.75) is 13.8 Å². The maximum Gasteiger partial charge on any atom is 0.155 e. The van der Waals surface area contributed by atoms with Gasteiger partial charge in [-0.15, -0.1) is 0 Å². The maximum absolute atomic E-state index is 13.4. The summed E-state index contributed by atoms with van der Waals surface area (Å²) in [6.07, 6.45) is 8.29. The Morgan fingerprint density at radius 1 is 1.31 bits per heavy atom. The summed E-state index contributed by atoms with van der Waals surface area (Å²) in [7, 11) is 0. The first-order valence-corrected chi connectivity index (χ1v) is 7.87. The van der Waals surface area contributed by atoms with Gasteiger partial charge in [-0.05, 0) is 43.7 Å². The lowest BCUT2D eigenvalue weighted by Crippen LogP contribution is -2.17. The van der Waals surface area contributed by atoms with Crippen LogP contribution in [0.5, 0.6) is 0 Å². The van der Waals surface area contributed by atoms with Crippen molar-refractivity contribution in [3.8, 4) is 0 Å². The molecule has 2 heterocycles. The zero-order valence-corrected chi connectivity index (χ0v) is 14.8. The van der Waals surface area contributed by atoms with E-state index in [1.807, 2.05) is 6.92 Å². The van der Waals surface area contributed by atoms with Crippen molar-refractivity contribution in [2.24, 2.45) is 15.7 Å². The van der Waals surface area contributed by atoms with Crippen molar-refractivity contribution in [1.29, 1.82) is 0 Å². The molecule has 26 heavy (non-hydrogen) atoms. The first kappa shape index (κ1) is 18.9. The van der Waals surface area contributed by atoms with Crippen molar-refractivity contribution in [3.05, 3.63) is 84.7 Å². The van der Waals surface area contributed by atoms with Gasteiger partial charge in [-0.3, -0.25) is 4.98 Å². The van der Waals surface area contributed by atoms with Crippen LogP contribution >= 0.6 is 0 Å². The van der Waals surface area contributed by atoms with Crippen LogP contribution in [0.15, 0.2) is 72.0 Å². The van der Waals surface area contributed by atoms with E-state index < -0.39 is 5.82 Å². The van der Waals surface area contributed by atoms with E-state index in [0.717, 1.165) is 11.1 Å². The molecular weight excluding hydrogens is 329 g/mol. The van der Waals surface area contributed by atoms with E-state index in [1.165, 1.54) is 12.1 Å². The largest absolute Gasteiger partial charge is 0.382 e. The van der Waals surface area contributed by atoms with Gasteiger partial charge in [0.15, 0.2) is 11.7 Å². The molecule has 0 atom stereocenters. The molecule has 2 rings (SSSR count). The second-order valence-corrected chi connectivity index (χ2v) is 5.50. The molecule has 2 aromatic rings. The summed E-state index contributed by atoms with van der Waals surface area (Å²) in [5.74, 6) is 0.0799. The SMILES string of the molecule is C=C/C=C/C(=Nc1ccncc1C(=C)C)N=C(N)c1ccc(F)c(C)n1. The van der Waals surface area contributed by atoms with Crippen LogP contribution in [0.4, 0.5) is 10.1 Å². The fourth-order valence-electron chi connectivity index (χ4n) is 2.06. The molecule has 0 bridgehead atoms. The standard InChI is InChI=1S/C20H20FN5/c1-5-6-7-19(25-17-10-11-23-12-15(17)13(2)3)26-20(22)18-9-8-16(21)14(4)24-18/h5-12H,1-2H2,3-4H3,(H2,22,23,25,26)/b7-6+. The topological polar surface area (TPSA) is 76.5 Å². The molecular formula is C20H20FN5. The molecule has 0 fully saturated rings. The molecule has 5 nitrogen and oxygen atoms in total. The third-order valence-corrected chi connectivity index (χ3v) is 3.39. The minimum Gasteiger partial charge on any atom is -0.382 e. The minimum atomic E-state index is -0.398. The van der Waals surface area contributed by atoms with E-state index in [1.54, 1.807) is 43.6 Å². The molecule has 0 amide bonds. The number of rotatable bonds is 5.